The van der Waals surface area contributed by atoms with Crippen molar-refractivity contribution in [1.29, 1.82) is 0 Å². The minimum absolute atomic E-state index is 0.0842. The van der Waals surface area contributed by atoms with Crippen LogP contribution >= 0.6 is 11.3 Å². The molecule has 2 heterocycles. The van der Waals surface area contributed by atoms with Crippen molar-refractivity contribution in [2.45, 2.75) is 57.5 Å². The number of carbonyl (C=O) groups excluding carboxylic acids is 2. The second-order valence-electron chi connectivity index (χ2n) is 8.28. The first-order valence-corrected chi connectivity index (χ1v) is 10.00. The Kier molecular flexibility index (Phi) is 3.95. The number of rotatable bonds is 2. The normalized spacial score (nSPS) is 22.7. The van der Waals surface area contributed by atoms with E-state index in [9.17, 15) is 9.59 Å². The lowest BCUT2D eigenvalue weighted by atomic mass is 9.80. The summed E-state index contributed by atoms with van der Waals surface area (Å²) in [6.45, 7) is 6.83. The van der Waals surface area contributed by atoms with E-state index in [4.69, 9.17) is 0 Å². The number of carbonyl (C=O) groups is 2. The van der Waals surface area contributed by atoms with Gasteiger partial charge in [-0.05, 0) is 47.3 Å². The van der Waals surface area contributed by atoms with Gasteiger partial charge in [0.1, 0.15) is 5.54 Å². The predicted octanol–water partition coefficient (Wildman–Crippen LogP) is 4.33. The number of fused-ring (bicyclic) bond motifs is 2. The summed E-state index contributed by atoms with van der Waals surface area (Å²) in [5.41, 5.74) is 2.44. The highest BCUT2D eigenvalue weighted by atomic mass is 32.1. The SMILES string of the molecule is CC(C)(C)c1ccc(CN2C(=O)N[C@]3(CCCc4sccc43)C2=O)cc1. The molecule has 5 heteroatoms. The molecule has 0 saturated carbocycles. The third-order valence-electron chi connectivity index (χ3n) is 5.50. The zero-order chi connectivity index (χ0) is 18.5. The molecule has 1 spiro atoms. The Morgan fingerprint density at radius 3 is 2.58 bits per heavy atom. The van der Waals surface area contributed by atoms with Crippen LogP contribution in [0.4, 0.5) is 4.79 Å². The van der Waals surface area contributed by atoms with E-state index in [0.717, 1.165) is 24.0 Å². The smallest absolute Gasteiger partial charge is 0.319 e. The van der Waals surface area contributed by atoms with Crippen LogP contribution in [0.25, 0.3) is 0 Å². The first kappa shape index (κ1) is 17.3. The van der Waals surface area contributed by atoms with Crippen molar-refractivity contribution in [2.24, 2.45) is 0 Å². The maximum Gasteiger partial charge on any atom is 0.325 e. The van der Waals surface area contributed by atoms with Gasteiger partial charge in [0, 0.05) is 10.4 Å². The number of thiophene rings is 1. The number of benzene rings is 1. The van der Waals surface area contributed by atoms with Gasteiger partial charge in [0.25, 0.3) is 5.91 Å². The van der Waals surface area contributed by atoms with E-state index in [0.29, 0.717) is 13.0 Å². The molecule has 1 saturated heterocycles. The molecule has 0 bridgehead atoms. The van der Waals surface area contributed by atoms with E-state index < -0.39 is 5.54 Å². The van der Waals surface area contributed by atoms with E-state index in [1.54, 1.807) is 11.3 Å². The number of amides is 3. The minimum Gasteiger partial charge on any atom is -0.319 e. The number of hydrogen-bond acceptors (Lipinski definition) is 3. The first-order valence-electron chi connectivity index (χ1n) is 9.12. The van der Waals surface area contributed by atoms with Crippen LogP contribution < -0.4 is 5.32 Å². The predicted molar refractivity (Wildman–Crippen MR) is 103 cm³/mol. The molecule has 4 nitrogen and oxygen atoms in total. The molecule has 1 aromatic heterocycles. The zero-order valence-corrected chi connectivity index (χ0v) is 16.3. The fraction of sp³-hybridized carbons (Fsp3) is 0.429. The Morgan fingerprint density at radius 1 is 1.15 bits per heavy atom. The van der Waals surface area contributed by atoms with Gasteiger partial charge in [-0.3, -0.25) is 9.69 Å². The molecule has 3 amide bonds. The van der Waals surface area contributed by atoms with Crippen LogP contribution in [-0.4, -0.2) is 16.8 Å². The van der Waals surface area contributed by atoms with Crippen LogP contribution in [0.15, 0.2) is 35.7 Å². The van der Waals surface area contributed by atoms with E-state index >= 15 is 0 Å². The van der Waals surface area contributed by atoms with Crippen LogP contribution in [0, 0.1) is 0 Å². The van der Waals surface area contributed by atoms with Gasteiger partial charge in [-0.1, -0.05) is 45.0 Å². The van der Waals surface area contributed by atoms with Crippen LogP contribution in [0.3, 0.4) is 0 Å². The van der Waals surface area contributed by atoms with E-state index in [1.807, 2.05) is 23.6 Å². The molecule has 136 valence electrons. The van der Waals surface area contributed by atoms with Crippen LogP contribution in [-0.2, 0) is 28.7 Å². The molecule has 26 heavy (non-hydrogen) atoms. The number of hydrogen-bond donors (Lipinski definition) is 1. The summed E-state index contributed by atoms with van der Waals surface area (Å²) < 4.78 is 0. The monoisotopic (exact) mass is 368 g/mol. The van der Waals surface area contributed by atoms with Crippen molar-refractivity contribution in [3.8, 4) is 0 Å². The summed E-state index contributed by atoms with van der Waals surface area (Å²) in [6, 6.07) is 9.92. The molecule has 1 atom stereocenters. The summed E-state index contributed by atoms with van der Waals surface area (Å²) in [5, 5.41) is 5.03. The molecule has 0 radical (unpaired) electrons. The third kappa shape index (κ3) is 2.65. The molecule has 0 unspecified atom stereocenters. The lowest BCUT2D eigenvalue weighted by Gasteiger charge is -2.31. The van der Waals surface area contributed by atoms with Crippen molar-refractivity contribution < 1.29 is 9.59 Å². The van der Waals surface area contributed by atoms with Crippen molar-refractivity contribution in [2.75, 3.05) is 0 Å². The lowest BCUT2D eigenvalue weighted by Crippen LogP contribution is -2.46. The van der Waals surface area contributed by atoms with Gasteiger partial charge in [0.2, 0.25) is 0 Å². The molecule has 2 aromatic rings. The van der Waals surface area contributed by atoms with Crippen molar-refractivity contribution in [1.82, 2.24) is 10.2 Å². The van der Waals surface area contributed by atoms with Gasteiger partial charge in [-0.2, -0.15) is 0 Å². The Bertz CT molecular complexity index is 863. The first-order chi connectivity index (χ1) is 12.3. The summed E-state index contributed by atoms with van der Waals surface area (Å²) in [5.74, 6) is -0.109. The summed E-state index contributed by atoms with van der Waals surface area (Å²) >= 11 is 1.68. The third-order valence-corrected chi connectivity index (χ3v) is 6.48. The quantitative estimate of drug-likeness (QED) is 0.802. The standard InChI is InChI=1S/C21H24N2O2S/c1-20(2,3)15-8-6-14(7-9-15)13-23-18(24)21(22-19(23)25)11-4-5-17-16(21)10-12-26-17/h6-10,12H,4-5,11,13H2,1-3H3,(H,22,25)/t21-/m0/s1. The molecule has 1 N–H and O–H groups in total. The second kappa shape index (κ2) is 5.95. The average Bonchev–Trinajstić information content (AvgIpc) is 3.16. The highest BCUT2D eigenvalue weighted by molar-refractivity contribution is 7.10. The largest absolute Gasteiger partial charge is 0.325 e. The molecule has 1 aliphatic carbocycles. The maximum atomic E-state index is 13.2. The van der Waals surface area contributed by atoms with E-state index in [-0.39, 0.29) is 17.4 Å². The zero-order valence-electron chi connectivity index (χ0n) is 15.5. The summed E-state index contributed by atoms with van der Waals surface area (Å²) in [6.07, 6.45) is 2.60. The number of nitrogens with one attached hydrogen (secondary N) is 1. The number of urea groups is 1. The Hall–Kier alpha value is -2.14. The Labute approximate surface area is 158 Å². The summed E-state index contributed by atoms with van der Waals surface area (Å²) in [4.78, 5) is 28.4. The van der Waals surface area contributed by atoms with Crippen molar-refractivity contribution in [3.63, 3.8) is 0 Å². The lowest BCUT2D eigenvalue weighted by molar-refractivity contribution is -0.132. The molecule has 1 fully saturated rings. The molecular formula is C21H24N2O2S. The van der Waals surface area contributed by atoms with Gasteiger partial charge in [-0.15, -0.1) is 11.3 Å². The second-order valence-corrected chi connectivity index (χ2v) is 9.29. The fourth-order valence-corrected chi connectivity index (χ4v) is 4.98. The Morgan fingerprint density at radius 2 is 1.88 bits per heavy atom. The van der Waals surface area contributed by atoms with Gasteiger partial charge >= 0.3 is 6.03 Å². The molecule has 1 aromatic carbocycles. The average molecular weight is 369 g/mol. The number of nitrogens with zero attached hydrogens (tertiary/aromatic N) is 1. The van der Waals surface area contributed by atoms with Crippen LogP contribution in [0.5, 0.6) is 0 Å². The van der Waals surface area contributed by atoms with Gasteiger partial charge in [0.15, 0.2) is 0 Å². The highest BCUT2D eigenvalue weighted by Crippen LogP contribution is 2.42. The number of imide groups is 1. The Balaban J connectivity index is 1.60. The van der Waals surface area contributed by atoms with Crippen molar-refractivity contribution >= 4 is 23.3 Å². The van der Waals surface area contributed by atoms with Crippen molar-refractivity contribution in [3.05, 3.63) is 57.3 Å². The molecule has 1 aliphatic heterocycles. The van der Waals surface area contributed by atoms with E-state index in [2.05, 4.69) is 38.2 Å². The minimum atomic E-state index is -0.851. The van der Waals surface area contributed by atoms with Gasteiger partial charge in [-0.25, -0.2) is 4.79 Å². The van der Waals surface area contributed by atoms with Gasteiger partial charge in [0.05, 0.1) is 6.54 Å². The molecular weight excluding hydrogens is 344 g/mol. The van der Waals surface area contributed by atoms with E-state index in [1.165, 1.54) is 15.3 Å². The fourth-order valence-electron chi connectivity index (χ4n) is 3.98. The summed E-state index contributed by atoms with van der Waals surface area (Å²) in [7, 11) is 0. The van der Waals surface area contributed by atoms with Gasteiger partial charge < -0.3 is 5.32 Å². The van der Waals surface area contributed by atoms with Crippen LogP contribution in [0.2, 0.25) is 0 Å². The van der Waals surface area contributed by atoms with Crippen LogP contribution in [0.1, 0.15) is 55.2 Å². The molecule has 4 rings (SSSR count). The maximum absolute atomic E-state index is 13.2. The topological polar surface area (TPSA) is 49.4 Å². The highest BCUT2D eigenvalue weighted by Gasteiger charge is 2.54. The molecule has 2 aliphatic rings. The number of aryl methyl sites for hydroxylation is 1.